The molecule has 1 aliphatic heterocycles. The summed E-state index contributed by atoms with van der Waals surface area (Å²) in [6, 6.07) is 11.5. The van der Waals surface area contributed by atoms with E-state index in [1.165, 1.54) is 30.1 Å². The quantitative estimate of drug-likeness (QED) is 0.421. The second-order valence-electron chi connectivity index (χ2n) is 8.87. The van der Waals surface area contributed by atoms with Crippen LogP contribution >= 0.6 is 0 Å². The molecule has 0 spiro atoms. The van der Waals surface area contributed by atoms with Crippen molar-refractivity contribution in [3.63, 3.8) is 0 Å². The summed E-state index contributed by atoms with van der Waals surface area (Å²) in [4.78, 5) is 27.1. The Bertz CT molecular complexity index is 1280. The van der Waals surface area contributed by atoms with Gasteiger partial charge in [-0.05, 0) is 37.1 Å². The molecule has 1 saturated heterocycles. The van der Waals surface area contributed by atoms with Crippen LogP contribution in [0.2, 0.25) is 0 Å². The average Bonchev–Trinajstić information content (AvgIpc) is 3.56. The topological polar surface area (TPSA) is 98.6 Å². The Hall–Kier alpha value is -3.93. The lowest BCUT2D eigenvalue weighted by Gasteiger charge is -2.24. The van der Waals surface area contributed by atoms with Crippen LogP contribution in [0.25, 0.3) is 0 Å². The number of halogens is 3. The molecule has 1 N–H and O–H groups in total. The Balaban J connectivity index is 1.53. The Morgan fingerprint density at radius 3 is 2.68 bits per heavy atom. The summed E-state index contributed by atoms with van der Waals surface area (Å²) < 4.78 is 51.2. The lowest BCUT2D eigenvalue weighted by molar-refractivity contribution is -0.137. The third-order valence-corrected chi connectivity index (χ3v) is 6.33. The van der Waals surface area contributed by atoms with Crippen LogP contribution in [0.15, 0.2) is 54.7 Å². The molecular formula is C26H28F3N5O4. The Morgan fingerprint density at radius 2 is 1.95 bits per heavy atom. The standard InChI is InChI=1S/C26H28F3N5O4/c1-3-38-23-10-5-4-8-18(23)14-33-15-20(34-16-21(31-32-34)25(36)37-2)12-22(33)24(35)30-13-17-7-6-9-19(11-17)26(27,28)29/h4-11,16,20,22H,3,12-15H2,1-2H3,(H,30,35)/t20-,22+/m1/s1. The highest BCUT2D eigenvalue weighted by atomic mass is 19.4. The van der Waals surface area contributed by atoms with E-state index in [9.17, 15) is 22.8 Å². The van der Waals surface area contributed by atoms with Crippen LogP contribution in [-0.4, -0.2) is 58.1 Å². The van der Waals surface area contributed by atoms with Crippen LogP contribution in [0.1, 0.15) is 46.6 Å². The Kier molecular flexibility index (Phi) is 8.30. The molecule has 1 aliphatic rings. The third kappa shape index (κ3) is 6.31. The van der Waals surface area contributed by atoms with Crippen molar-refractivity contribution in [1.82, 2.24) is 25.2 Å². The maximum Gasteiger partial charge on any atom is 0.416 e. The monoisotopic (exact) mass is 531 g/mol. The van der Waals surface area contributed by atoms with Crippen LogP contribution in [0.5, 0.6) is 5.75 Å². The smallest absolute Gasteiger partial charge is 0.416 e. The number of nitrogens with one attached hydrogen (secondary N) is 1. The summed E-state index contributed by atoms with van der Waals surface area (Å²) >= 11 is 0. The van der Waals surface area contributed by atoms with Crippen molar-refractivity contribution < 1.29 is 32.2 Å². The average molecular weight is 532 g/mol. The van der Waals surface area contributed by atoms with E-state index in [0.717, 1.165) is 17.7 Å². The van der Waals surface area contributed by atoms with Crippen molar-refractivity contribution in [2.75, 3.05) is 20.3 Å². The summed E-state index contributed by atoms with van der Waals surface area (Å²) in [5, 5.41) is 10.7. The first-order valence-electron chi connectivity index (χ1n) is 12.1. The van der Waals surface area contributed by atoms with Gasteiger partial charge in [0.1, 0.15) is 5.75 Å². The highest BCUT2D eigenvalue weighted by Gasteiger charge is 2.39. The molecule has 1 amide bonds. The molecule has 38 heavy (non-hydrogen) atoms. The van der Waals surface area contributed by atoms with E-state index in [0.29, 0.717) is 37.4 Å². The summed E-state index contributed by atoms with van der Waals surface area (Å²) in [5.74, 6) is -0.241. The van der Waals surface area contributed by atoms with Crippen LogP contribution in [0.4, 0.5) is 13.2 Å². The molecular weight excluding hydrogens is 503 g/mol. The van der Waals surface area contributed by atoms with E-state index in [1.54, 1.807) is 0 Å². The predicted octanol–water partition coefficient (Wildman–Crippen LogP) is 3.61. The summed E-state index contributed by atoms with van der Waals surface area (Å²) in [6.07, 6.45) is -2.63. The molecule has 4 rings (SSSR count). The zero-order chi connectivity index (χ0) is 27.3. The molecule has 0 bridgehead atoms. The zero-order valence-electron chi connectivity index (χ0n) is 20.9. The fourth-order valence-electron chi connectivity index (χ4n) is 4.49. The second kappa shape index (κ2) is 11.6. The number of methoxy groups -OCH3 is 1. The molecule has 0 radical (unpaired) electrons. The number of amides is 1. The number of hydrogen-bond donors (Lipinski definition) is 1. The molecule has 0 unspecified atom stereocenters. The van der Waals surface area contributed by atoms with Crippen LogP contribution in [0, 0.1) is 0 Å². The largest absolute Gasteiger partial charge is 0.494 e. The first kappa shape index (κ1) is 27.1. The highest BCUT2D eigenvalue weighted by molar-refractivity contribution is 5.86. The minimum absolute atomic E-state index is 0.0525. The molecule has 12 heteroatoms. The lowest BCUT2D eigenvalue weighted by atomic mass is 10.1. The third-order valence-electron chi connectivity index (χ3n) is 6.33. The van der Waals surface area contributed by atoms with E-state index in [4.69, 9.17) is 9.47 Å². The molecule has 0 saturated carbocycles. The van der Waals surface area contributed by atoms with Gasteiger partial charge in [-0.3, -0.25) is 9.69 Å². The minimum atomic E-state index is -4.47. The fourth-order valence-corrected chi connectivity index (χ4v) is 4.49. The SMILES string of the molecule is CCOc1ccccc1CN1C[C@H](n2cc(C(=O)OC)nn2)C[C@H]1C(=O)NCc1cccc(C(F)(F)F)c1. The molecule has 2 heterocycles. The number of benzene rings is 2. The van der Waals surface area contributed by atoms with E-state index in [1.807, 2.05) is 36.1 Å². The van der Waals surface area contributed by atoms with E-state index >= 15 is 0 Å². The number of ether oxygens (including phenoxy) is 2. The number of para-hydroxylation sites is 1. The van der Waals surface area contributed by atoms with Crippen LogP contribution < -0.4 is 10.1 Å². The van der Waals surface area contributed by atoms with Gasteiger partial charge in [0.2, 0.25) is 5.91 Å². The summed E-state index contributed by atoms with van der Waals surface area (Å²) in [7, 11) is 1.25. The van der Waals surface area contributed by atoms with Crippen molar-refractivity contribution in [3.05, 3.63) is 77.1 Å². The molecule has 3 aromatic rings. The first-order chi connectivity index (χ1) is 18.2. The minimum Gasteiger partial charge on any atom is -0.494 e. The summed E-state index contributed by atoms with van der Waals surface area (Å²) in [6.45, 7) is 3.13. The first-order valence-corrected chi connectivity index (χ1v) is 12.1. The number of esters is 1. The van der Waals surface area contributed by atoms with Crippen molar-refractivity contribution in [1.29, 1.82) is 0 Å². The number of hydrogen-bond acceptors (Lipinski definition) is 7. The van der Waals surface area contributed by atoms with Crippen LogP contribution in [0.3, 0.4) is 0 Å². The molecule has 2 atom stereocenters. The van der Waals surface area contributed by atoms with E-state index in [-0.39, 0.29) is 24.2 Å². The number of carbonyl (C=O) groups excluding carboxylic acids is 2. The van der Waals surface area contributed by atoms with Crippen LogP contribution in [-0.2, 0) is 28.8 Å². The van der Waals surface area contributed by atoms with Gasteiger partial charge in [0.05, 0.1) is 37.6 Å². The van der Waals surface area contributed by atoms with Crippen molar-refractivity contribution in [3.8, 4) is 5.75 Å². The number of likely N-dealkylation sites (tertiary alicyclic amines) is 1. The number of alkyl halides is 3. The van der Waals surface area contributed by atoms with Gasteiger partial charge in [-0.1, -0.05) is 35.5 Å². The van der Waals surface area contributed by atoms with Gasteiger partial charge < -0.3 is 14.8 Å². The Labute approximate surface area is 217 Å². The van der Waals surface area contributed by atoms with Crippen molar-refractivity contribution in [2.24, 2.45) is 0 Å². The van der Waals surface area contributed by atoms with E-state index < -0.39 is 23.8 Å². The predicted molar refractivity (Wildman–Crippen MR) is 130 cm³/mol. The number of aromatic nitrogens is 3. The van der Waals surface area contributed by atoms with Crippen molar-refractivity contribution >= 4 is 11.9 Å². The zero-order valence-corrected chi connectivity index (χ0v) is 20.9. The van der Waals surface area contributed by atoms with Gasteiger partial charge >= 0.3 is 12.1 Å². The van der Waals surface area contributed by atoms with Crippen molar-refractivity contribution in [2.45, 2.75) is 44.7 Å². The maximum atomic E-state index is 13.3. The lowest BCUT2D eigenvalue weighted by Crippen LogP contribution is -2.42. The highest BCUT2D eigenvalue weighted by Crippen LogP contribution is 2.32. The normalized spacial score (nSPS) is 17.8. The number of nitrogens with zero attached hydrogens (tertiary/aromatic N) is 4. The van der Waals surface area contributed by atoms with Gasteiger partial charge in [0.25, 0.3) is 0 Å². The number of carbonyl (C=O) groups is 2. The van der Waals surface area contributed by atoms with Gasteiger partial charge in [-0.2, -0.15) is 13.2 Å². The number of rotatable bonds is 9. The Morgan fingerprint density at radius 1 is 1.16 bits per heavy atom. The molecule has 202 valence electrons. The van der Waals surface area contributed by atoms with Gasteiger partial charge in [-0.15, -0.1) is 5.10 Å². The maximum absolute atomic E-state index is 13.3. The molecule has 2 aromatic carbocycles. The summed E-state index contributed by atoms with van der Waals surface area (Å²) in [5.41, 5.74) is 0.514. The molecule has 1 fully saturated rings. The molecule has 0 aliphatic carbocycles. The van der Waals surface area contributed by atoms with E-state index in [2.05, 4.69) is 15.6 Å². The van der Waals surface area contributed by atoms with Gasteiger partial charge in [-0.25, -0.2) is 9.48 Å². The molecule has 9 nitrogen and oxygen atoms in total. The van der Waals surface area contributed by atoms with Gasteiger partial charge in [0, 0.05) is 25.2 Å². The second-order valence-corrected chi connectivity index (χ2v) is 8.87. The fraction of sp³-hybridized carbons (Fsp3) is 0.385. The van der Waals surface area contributed by atoms with Gasteiger partial charge in [0.15, 0.2) is 5.69 Å². The molecule has 1 aromatic heterocycles.